The average molecular weight is 317 g/mol. The predicted octanol–water partition coefficient (Wildman–Crippen LogP) is 3.32. The van der Waals surface area contributed by atoms with Gasteiger partial charge in [-0.25, -0.2) is 9.78 Å². The lowest BCUT2D eigenvalue weighted by Crippen LogP contribution is -2.50. The van der Waals surface area contributed by atoms with Crippen LogP contribution in [0.2, 0.25) is 0 Å². The quantitative estimate of drug-likeness (QED) is 0.762. The molecule has 6 heteroatoms. The van der Waals surface area contributed by atoms with E-state index in [0.717, 1.165) is 17.7 Å². The van der Waals surface area contributed by atoms with E-state index in [-0.39, 0.29) is 12.6 Å². The molecule has 1 heterocycles. The molecule has 3 N–H and O–H groups in total. The molecule has 0 saturated heterocycles. The van der Waals surface area contributed by atoms with Crippen LogP contribution in [-0.4, -0.2) is 28.3 Å². The predicted molar refractivity (Wildman–Crippen MR) is 89.2 cm³/mol. The number of rotatable bonds is 6. The summed E-state index contributed by atoms with van der Waals surface area (Å²) in [4.78, 5) is 16.3. The van der Waals surface area contributed by atoms with E-state index in [1.54, 1.807) is 18.3 Å². The second-order valence-electron chi connectivity index (χ2n) is 5.90. The molecule has 2 amide bonds. The zero-order valence-electron chi connectivity index (χ0n) is 13.7. The van der Waals surface area contributed by atoms with Gasteiger partial charge in [-0.15, -0.1) is 0 Å². The van der Waals surface area contributed by atoms with Crippen molar-refractivity contribution in [1.82, 2.24) is 10.3 Å². The van der Waals surface area contributed by atoms with E-state index in [1.807, 2.05) is 32.9 Å². The van der Waals surface area contributed by atoms with Crippen molar-refractivity contribution in [1.29, 1.82) is 0 Å². The first-order valence-electron chi connectivity index (χ1n) is 7.68. The Bertz CT molecular complexity index is 669. The summed E-state index contributed by atoms with van der Waals surface area (Å²) in [6, 6.07) is 6.91. The molecule has 1 aromatic carbocycles. The third kappa shape index (κ3) is 4.56. The largest absolute Gasteiger partial charge is 0.441 e. The maximum absolute atomic E-state index is 12.1. The van der Waals surface area contributed by atoms with Crippen molar-refractivity contribution >= 4 is 11.7 Å². The first-order chi connectivity index (χ1) is 11.0. The lowest BCUT2D eigenvalue weighted by Gasteiger charge is -2.28. The number of aliphatic hydroxyl groups is 1. The van der Waals surface area contributed by atoms with Crippen molar-refractivity contribution in [2.45, 2.75) is 39.2 Å². The summed E-state index contributed by atoms with van der Waals surface area (Å²) in [6.07, 6.45) is 3.22. The van der Waals surface area contributed by atoms with Crippen LogP contribution in [0.1, 0.15) is 32.4 Å². The molecule has 0 aliphatic rings. The van der Waals surface area contributed by atoms with Crippen LogP contribution in [0.3, 0.4) is 0 Å². The summed E-state index contributed by atoms with van der Waals surface area (Å²) in [7, 11) is 0. The summed E-state index contributed by atoms with van der Waals surface area (Å²) in [5.74, 6) is 1.24. The molecule has 0 aliphatic carbocycles. The number of oxazole rings is 1. The van der Waals surface area contributed by atoms with Gasteiger partial charge in [-0.1, -0.05) is 19.4 Å². The van der Waals surface area contributed by atoms with Gasteiger partial charge in [0.1, 0.15) is 5.76 Å². The van der Waals surface area contributed by atoms with Crippen molar-refractivity contribution in [2.75, 3.05) is 11.9 Å². The average Bonchev–Trinajstić information content (AvgIpc) is 2.94. The van der Waals surface area contributed by atoms with E-state index >= 15 is 0 Å². The topological polar surface area (TPSA) is 87.4 Å². The zero-order chi connectivity index (χ0) is 16.9. The monoisotopic (exact) mass is 317 g/mol. The molecule has 124 valence electrons. The van der Waals surface area contributed by atoms with Crippen LogP contribution >= 0.6 is 0 Å². The molecule has 0 radical (unpaired) electrons. The van der Waals surface area contributed by atoms with Crippen LogP contribution in [0.4, 0.5) is 10.5 Å². The summed E-state index contributed by atoms with van der Waals surface area (Å²) in [5, 5.41) is 15.1. The molecule has 0 aliphatic heterocycles. The van der Waals surface area contributed by atoms with Gasteiger partial charge in [0.2, 0.25) is 5.89 Å². The molecule has 0 saturated carbocycles. The number of nitrogens with zero attached hydrogens (tertiary/aromatic N) is 1. The van der Waals surface area contributed by atoms with Gasteiger partial charge in [-0.3, -0.25) is 0 Å². The van der Waals surface area contributed by atoms with Gasteiger partial charge in [0.25, 0.3) is 0 Å². The van der Waals surface area contributed by atoms with Crippen LogP contribution in [-0.2, 0) is 0 Å². The molecule has 23 heavy (non-hydrogen) atoms. The Hall–Kier alpha value is -2.34. The fourth-order valence-electron chi connectivity index (χ4n) is 2.39. The summed E-state index contributed by atoms with van der Waals surface area (Å²) in [6.45, 7) is 5.55. The van der Waals surface area contributed by atoms with Gasteiger partial charge < -0.3 is 20.2 Å². The highest BCUT2D eigenvalue weighted by Gasteiger charge is 2.24. The third-order valence-electron chi connectivity index (χ3n) is 3.55. The standard InChI is InChI=1S/C17H23N3O3/c1-4-8-17(3,11-21)20-16(22)19-14-7-5-6-13(9-14)15-18-10-12(2)23-15/h5-7,9-10,21H,4,8,11H2,1-3H3,(H2,19,20,22). The Labute approximate surface area is 135 Å². The molecule has 0 spiro atoms. The first kappa shape index (κ1) is 17.0. The Morgan fingerprint density at radius 1 is 1.43 bits per heavy atom. The van der Waals surface area contributed by atoms with Crippen LogP contribution in [0, 0.1) is 6.92 Å². The fourth-order valence-corrected chi connectivity index (χ4v) is 2.39. The van der Waals surface area contributed by atoms with Gasteiger partial charge in [0.15, 0.2) is 0 Å². The zero-order valence-corrected chi connectivity index (χ0v) is 13.7. The molecule has 0 bridgehead atoms. The number of carbonyl (C=O) groups is 1. The van der Waals surface area contributed by atoms with Crippen molar-refractivity contribution in [2.24, 2.45) is 0 Å². The molecule has 6 nitrogen and oxygen atoms in total. The second-order valence-corrected chi connectivity index (χ2v) is 5.90. The maximum atomic E-state index is 12.1. The molecule has 0 fully saturated rings. The van der Waals surface area contributed by atoms with Crippen molar-refractivity contribution in [3.05, 3.63) is 36.2 Å². The molecule has 2 rings (SSSR count). The minimum absolute atomic E-state index is 0.107. The highest BCUT2D eigenvalue weighted by Crippen LogP contribution is 2.22. The fraction of sp³-hybridized carbons (Fsp3) is 0.412. The summed E-state index contributed by atoms with van der Waals surface area (Å²) >= 11 is 0. The van der Waals surface area contributed by atoms with E-state index in [0.29, 0.717) is 18.0 Å². The lowest BCUT2D eigenvalue weighted by molar-refractivity contribution is 0.167. The van der Waals surface area contributed by atoms with E-state index in [9.17, 15) is 9.90 Å². The molecule has 2 aromatic rings. The lowest BCUT2D eigenvalue weighted by atomic mass is 9.98. The van der Waals surface area contributed by atoms with Crippen LogP contribution in [0.15, 0.2) is 34.9 Å². The molecular weight excluding hydrogens is 294 g/mol. The number of aromatic nitrogens is 1. The highest BCUT2D eigenvalue weighted by atomic mass is 16.4. The van der Waals surface area contributed by atoms with Crippen LogP contribution < -0.4 is 10.6 Å². The van der Waals surface area contributed by atoms with Gasteiger partial charge in [-0.2, -0.15) is 0 Å². The number of anilines is 1. The van der Waals surface area contributed by atoms with Crippen LogP contribution in [0.25, 0.3) is 11.5 Å². The number of hydrogen-bond acceptors (Lipinski definition) is 4. The van der Waals surface area contributed by atoms with Crippen molar-refractivity contribution in [3.8, 4) is 11.5 Å². The molecule has 1 unspecified atom stereocenters. The summed E-state index contributed by atoms with van der Waals surface area (Å²) in [5.41, 5.74) is 0.790. The second kappa shape index (κ2) is 7.28. The van der Waals surface area contributed by atoms with E-state index < -0.39 is 5.54 Å². The SMILES string of the molecule is CCCC(C)(CO)NC(=O)Nc1cccc(-c2ncc(C)o2)c1. The number of benzene rings is 1. The number of hydrogen-bond donors (Lipinski definition) is 3. The highest BCUT2D eigenvalue weighted by molar-refractivity contribution is 5.90. The van der Waals surface area contributed by atoms with Crippen LogP contribution in [0.5, 0.6) is 0 Å². The van der Waals surface area contributed by atoms with E-state index in [4.69, 9.17) is 4.42 Å². The van der Waals surface area contributed by atoms with Gasteiger partial charge in [0, 0.05) is 11.3 Å². The minimum atomic E-state index is -0.629. The number of aryl methyl sites for hydroxylation is 1. The van der Waals surface area contributed by atoms with E-state index in [2.05, 4.69) is 15.6 Å². The minimum Gasteiger partial charge on any atom is -0.441 e. The van der Waals surface area contributed by atoms with Gasteiger partial charge in [0.05, 0.1) is 18.3 Å². The van der Waals surface area contributed by atoms with Crippen molar-refractivity contribution in [3.63, 3.8) is 0 Å². The number of nitrogens with one attached hydrogen (secondary N) is 2. The Balaban J connectivity index is 2.07. The Morgan fingerprint density at radius 3 is 2.83 bits per heavy atom. The molecule has 1 atom stereocenters. The van der Waals surface area contributed by atoms with Gasteiger partial charge in [-0.05, 0) is 38.5 Å². The Morgan fingerprint density at radius 2 is 2.22 bits per heavy atom. The first-order valence-corrected chi connectivity index (χ1v) is 7.68. The third-order valence-corrected chi connectivity index (χ3v) is 3.55. The number of amides is 2. The maximum Gasteiger partial charge on any atom is 0.319 e. The normalized spacial score (nSPS) is 13.4. The number of aliphatic hydroxyl groups excluding tert-OH is 1. The van der Waals surface area contributed by atoms with E-state index in [1.165, 1.54) is 0 Å². The smallest absolute Gasteiger partial charge is 0.319 e. The number of carbonyl (C=O) groups excluding carboxylic acids is 1. The summed E-state index contributed by atoms with van der Waals surface area (Å²) < 4.78 is 5.49. The Kier molecular flexibility index (Phi) is 5.39. The molecular formula is C17H23N3O3. The molecule has 1 aromatic heterocycles. The van der Waals surface area contributed by atoms with Crippen molar-refractivity contribution < 1.29 is 14.3 Å². The number of urea groups is 1. The van der Waals surface area contributed by atoms with Gasteiger partial charge >= 0.3 is 6.03 Å².